The van der Waals surface area contributed by atoms with E-state index in [1.807, 2.05) is 36.1 Å². The molecule has 0 bridgehead atoms. The number of benzene rings is 2. The van der Waals surface area contributed by atoms with Gasteiger partial charge in [0.2, 0.25) is 17.7 Å². The number of imide groups is 1. The number of carbonyl (C=O) groups is 4. The van der Waals surface area contributed by atoms with Gasteiger partial charge in [0.1, 0.15) is 11.3 Å². The Labute approximate surface area is 203 Å². The zero-order chi connectivity index (χ0) is 24.9. The summed E-state index contributed by atoms with van der Waals surface area (Å²) in [7, 11) is 2.81. The molecule has 35 heavy (non-hydrogen) atoms. The highest BCUT2D eigenvalue weighted by atomic mass is 16.5. The molecule has 4 atom stereocenters. The Balaban J connectivity index is 1.69. The van der Waals surface area contributed by atoms with Crippen LogP contribution in [0.15, 0.2) is 48.5 Å². The minimum absolute atomic E-state index is 0.329. The van der Waals surface area contributed by atoms with E-state index in [2.05, 4.69) is 5.32 Å². The maximum Gasteiger partial charge on any atom is 0.307 e. The highest BCUT2D eigenvalue weighted by Crippen LogP contribution is 2.57. The van der Waals surface area contributed by atoms with E-state index in [-0.39, 0.29) is 12.3 Å². The summed E-state index contributed by atoms with van der Waals surface area (Å²) in [5.74, 6) is -3.15. The monoisotopic (exact) mass is 477 g/mol. The smallest absolute Gasteiger partial charge is 0.307 e. The lowest BCUT2D eigenvalue weighted by Crippen LogP contribution is -2.67. The van der Waals surface area contributed by atoms with Crippen molar-refractivity contribution >= 4 is 29.4 Å². The number of anilines is 1. The molecular weight excluding hydrogens is 450 g/mol. The second kappa shape index (κ2) is 8.49. The third kappa shape index (κ3) is 3.33. The van der Waals surface area contributed by atoms with Crippen molar-refractivity contribution in [2.75, 3.05) is 32.2 Å². The van der Waals surface area contributed by atoms with E-state index < -0.39 is 41.2 Å². The quantitative estimate of drug-likeness (QED) is 0.515. The molecular formula is C26H27N3O6. The number of ether oxygens (including phenoxy) is 2. The maximum atomic E-state index is 14.0. The maximum absolute atomic E-state index is 14.0. The van der Waals surface area contributed by atoms with Crippen LogP contribution in [0.4, 0.5) is 5.69 Å². The van der Waals surface area contributed by atoms with Crippen molar-refractivity contribution in [3.63, 3.8) is 0 Å². The van der Waals surface area contributed by atoms with E-state index in [0.717, 1.165) is 11.1 Å². The Morgan fingerprint density at radius 3 is 2.34 bits per heavy atom. The van der Waals surface area contributed by atoms with Crippen LogP contribution in [0.2, 0.25) is 0 Å². The van der Waals surface area contributed by atoms with Crippen LogP contribution in [-0.4, -0.2) is 61.4 Å². The van der Waals surface area contributed by atoms with Gasteiger partial charge in [0.05, 0.1) is 38.2 Å². The molecule has 3 aliphatic heterocycles. The first-order chi connectivity index (χ1) is 16.8. The number of nitrogens with one attached hydrogen (secondary N) is 1. The van der Waals surface area contributed by atoms with Gasteiger partial charge >= 0.3 is 5.97 Å². The molecule has 9 nitrogen and oxygen atoms in total. The summed E-state index contributed by atoms with van der Waals surface area (Å²) >= 11 is 0. The summed E-state index contributed by atoms with van der Waals surface area (Å²) in [5, 5.41) is 2.83. The molecule has 3 aliphatic rings. The fraction of sp³-hybridized carbons (Fsp3) is 0.385. The zero-order valence-electron chi connectivity index (χ0n) is 19.8. The van der Waals surface area contributed by atoms with Crippen LogP contribution in [-0.2, 0) is 23.9 Å². The summed E-state index contributed by atoms with van der Waals surface area (Å²) in [6.45, 7) is 2.65. The van der Waals surface area contributed by atoms with E-state index in [0.29, 0.717) is 24.5 Å². The van der Waals surface area contributed by atoms with Gasteiger partial charge in [0.25, 0.3) is 0 Å². The fourth-order valence-electron chi connectivity index (χ4n) is 5.91. The van der Waals surface area contributed by atoms with Crippen molar-refractivity contribution in [3.05, 3.63) is 59.7 Å². The summed E-state index contributed by atoms with van der Waals surface area (Å²) in [6, 6.07) is 13.8. The van der Waals surface area contributed by atoms with Crippen LogP contribution in [0.25, 0.3) is 0 Å². The highest BCUT2D eigenvalue weighted by molar-refractivity contribution is 6.24. The molecule has 0 spiro atoms. The van der Waals surface area contributed by atoms with Gasteiger partial charge in [-0.3, -0.25) is 24.1 Å². The van der Waals surface area contributed by atoms with Crippen LogP contribution >= 0.6 is 0 Å². The van der Waals surface area contributed by atoms with E-state index in [1.54, 1.807) is 31.4 Å². The molecule has 5 rings (SSSR count). The number of carbonyl (C=O) groups excluding carboxylic acids is 4. The zero-order valence-corrected chi connectivity index (χ0v) is 19.8. The molecule has 0 aliphatic carbocycles. The first-order valence-electron chi connectivity index (χ1n) is 11.5. The first-order valence-corrected chi connectivity index (χ1v) is 11.5. The summed E-state index contributed by atoms with van der Waals surface area (Å²) in [6.07, 6.45) is -0.329. The topological polar surface area (TPSA) is 105 Å². The summed E-state index contributed by atoms with van der Waals surface area (Å²) in [4.78, 5) is 57.1. The molecule has 3 fully saturated rings. The van der Waals surface area contributed by atoms with Gasteiger partial charge in [0, 0.05) is 19.1 Å². The van der Waals surface area contributed by atoms with Gasteiger partial charge in [-0.2, -0.15) is 0 Å². The number of methoxy groups -OCH3 is 2. The second-order valence-electron chi connectivity index (χ2n) is 9.20. The Morgan fingerprint density at radius 1 is 1.03 bits per heavy atom. The molecule has 3 heterocycles. The van der Waals surface area contributed by atoms with Crippen molar-refractivity contribution in [1.29, 1.82) is 0 Å². The van der Waals surface area contributed by atoms with Crippen molar-refractivity contribution < 1.29 is 28.7 Å². The average molecular weight is 478 g/mol. The van der Waals surface area contributed by atoms with Gasteiger partial charge < -0.3 is 14.8 Å². The lowest BCUT2D eigenvalue weighted by Gasteiger charge is -2.45. The molecule has 2 aromatic carbocycles. The third-order valence-corrected chi connectivity index (χ3v) is 7.48. The molecule has 3 saturated heterocycles. The summed E-state index contributed by atoms with van der Waals surface area (Å²) in [5.41, 5.74) is 0.676. The number of piperazine rings is 1. The molecule has 0 saturated carbocycles. The number of nitrogens with zero attached hydrogens (tertiary/aromatic N) is 2. The largest absolute Gasteiger partial charge is 0.497 e. The number of hydrogen-bond acceptors (Lipinski definition) is 7. The van der Waals surface area contributed by atoms with Crippen LogP contribution < -0.4 is 15.0 Å². The molecule has 9 heteroatoms. The van der Waals surface area contributed by atoms with Crippen LogP contribution in [0, 0.1) is 18.8 Å². The predicted molar refractivity (Wildman–Crippen MR) is 125 cm³/mol. The van der Waals surface area contributed by atoms with Crippen LogP contribution in [0.1, 0.15) is 23.6 Å². The number of amides is 3. The lowest BCUT2D eigenvalue weighted by atomic mass is 9.76. The molecule has 1 N–H and O–H groups in total. The SMILES string of the molecule is COC(=O)C[C@]12C(=O)NCCN1[C@H](c1ccc(OC)cc1)[C@H]1C(=O)N(c3ccc(C)cc3)C(=O)[C@@H]12. The average Bonchev–Trinajstić information content (AvgIpc) is 3.30. The molecule has 182 valence electrons. The Hall–Kier alpha value is -3.72. The standard InChI is InChI=1S/C26H27N3O6/c1-15-4-8-17(9-5-15)29-23(31)20-21(24(29)32)26(14-19(30)35-3)25(33)27-12-13-28(26)22(20)16-6-10-18(34-2)11-7-16/h4-11,20-22H,12-14H2,1-3H3,(H,27,33)/t20-,21+,22+,26-/m0/s1. The van der Waals surface area contributed by atoms with Gasteiger partial charge in [-0.1, -0.05) is 29.8 Å². The van der Waals surface area contributed by atoms with E-state index in [9.17, 15) is 19.2 Å². The molecule has 3 amide bonds. The molecule has 2 aromatic rings. The highest BCUT2D eigenvalue weighted by Gasteiger charge is 2.73. The lowest BCUT2D eigenvalue weighted by molar-refractivity contribution is -0.154. The number of fused-ring (bicyclic) bond motifs is 3. The minimum atomic E-state index is -1.53. The number of aryl methyl sites for hydroxylation is 1. The van der Waals surface area contributed by atoms with Crippen molar-refractivity contribution in [1.82, 2.24) is 10.2 Å². The first kappa shape index (κ1) is 23.0. The Morgan fingerprint density at radius 2 is 1.71 bits per heavy atom. The van der Waals surface area contributed by atoms with E-state index in [4.69, 9.17) is 9.47 Å². The molecule has 0 aromatic heterocycles. The Bertz CT molecular complexity index is 1190. The molecule has 0 unspecified atom stereocenters. The van der Waals surface area contributed by atoms with Crippen molar-refractivity contribution in [2.24, 2.45) is 11.8 Å². The molecule has 0 radical (unpaired) electrons. The van der Waals surface area contributed by atoms with Gasteiger partial charge in [-0.05, 0) is 36.8 Å². The predicted octanol–water partition coefficient (Wildman–Crippen LogP) is 1.60. The van der Waals surface area contributed by atoms with Crippen LogP contribution in [0.5, 0.6) is 5.75 Å². The normalized spacial score (nSPS) is 27.9. The van der Waals surface area contributed by atoms with Crippen molar-refractivity contribution in [3.8, 4) is 5.75 Å². The van der Waals surface area contributed by atoms with Crippen molar-refractivity contribution in [2.45, 2.75) is 24.9 Å². The van der Waals surface area contributed by atoms with Crippen LogP contribution in [0.3, 0.4) is 0 Å². The second-order valence-corrected chi connectivity index (χ2v) is 9.20. The fourth-order valence-corrected chi connectivity index (χ4v) is 5.91. The number of rotatable bonds is 5. The van der Waals surface area contributed by atoms with Gasteiger partial charge in [-0.15, -0.1) is 0 Å². The van der Waals surface area contributed by atoms with Gasteiger partial charge in [0.15, 0.2) is 0 Å². The number of hydrogen-bond donors (Lipinski definition) is 1. The van der Waals surface area contributed by atoms with E-state index in [1.165, 1.54) is 12.0 Å². The summed E-state index contributed by atoms with van der Waals surface area (Å²) < 4.78 is 10.2. The minimum Gasteiger partial charge on any atom is -0.497 e. The van der Waals surface area contributed by atoms with Gasteiger partial charge in [-0.25, -0.2) is 4.90 Å². The number of esters is 1. The van der Waals surface area contributed by atoms with E-state index >= 15 is 0 Å². The Kier molecular flexibility index (Phi) is 5.59. The third-order valence-electron chi connectivity index (χ3n) is 7.48.